The Morgan fingerprint density at radius 2 is 2.13 bits per heavy atom. The lowest BCUT2D eigenvalue weighted by Crippen LogP contribution is -2.17. The topological polar surface area (TPSA) is 30.5 Å². The molecule has 0 aliphatic heterocycles. The summed E-state index contributed by atoms with van der Waals surface area (Å²) in [5, 5.41) is 0. The van der Waals surface area contributed by atoms with Crippen molar-refractivity contribution in [2.45, 2.75) is 13.5 Å². The largest absolute Gasteiger partial charge is 0.382 e. The van der Waals surface area contributed by atoms with E-state index in [0.717, 1.165) is 11.1 Å². The van der Waals surface area contributed by atoms with E-state index in [1.54, 1.807) is 13.2 Å². The molecule has 0 saturated heterocycles. The average molecular weight is 213 g/mol. The van der Waals surface area contributed by atoms with Crippen molar-refractivity contribution in [2.24, 2.45) is 0 Å². The Morgan fingerprint density at radius 3 is 2.87 bits per heavy atom. The van der Waals surface area contributed by atoms with Gasteiger partial charge in [0.2, 0.25) is 0 Å². The number of hydroxylamine groups is 1. The molecule has 84 valence electrons. The van der Waals surface area contributed by atoms with Crippen molar-refractivity contribution in [1.29, 1.82) is 0 Å². The van der Waals surface area contributed by atoms with Crippen LogP contribution in [0.5, 0.6) is 0 Å². The Hall–Kier alpha value is -0.970. The lowest BCUT2D eigenvalue weighted by atomic mass is 10.1. The van der Waals surface area contributed by atoms with Crippen molar-refractivity contribution < 1.29 is 14.0 Å². The summed E-state index contributed by atoms with van der Waals surface area (Å²) in [6.45, 7) is 3.44. The summed E-state index contributed by atoms with van der Waals surface area (Å²) in [7, 11) is 1.61. The molecule has 0 atom stereocenters. The molecule has 1 rings (SSSR count). The summed E-state index contributed by atoms with van der Waals surface area (Å²) in [5.41, 5.74) is 4.69. The predicted molar refractivity (Wildman–Crippen MR) is 55.8 cm³/mol. The lowest BCUT2D eigenvalue weighted by molar-refractivity contribution is 0.00337. The monoisotopic (exact) mass is 213 g/mol. The molecule has 15 heavy (non-hydrogen) atoms. The molecule has 4 heteroatoms. The molecule has 1 aromatic rings. The van der Waals surface area contributed by atoms with E-state index in [2.05, 4.69) is 5.48 Å². The van der Waals surface area contributed by atoms with E-state index in [0.29, 0.717) is 19.8 Å². The zero-order valence-corrected chi connectivity index (χ0v) is 9.05. The van der Waals surface area contributed by atoms with E-state index in [1.807, 2.05) is 6.92 Å². The number of methoxy groups -OCH3 is 1. The minimum absolute atomic E-state index is 0.228. The third kappa shape index (κ3) is 4.38. The molecule has 0 spiro atoms. The zero-order chi connectivity index (χ0) is 11.1. The fourth-order valence-corrected chi connectivity index (χ4v) is 1.16. The van der Waals surface area contributed by atoms with E-state index in [9.17, 15) is 4.39 Å². The average Bonchev–Trinajstić information content (AvgIpc) is 2.23. The van der Waals surface area contributed by atoms with Gasteiger partial charge >= 0.3 is 0 Å². The first-order valence-electron chi connectivity index (χ1n) is 4.82. The quantitative estimate of drug-likeness (QED) is 0.577. The normalized spacial score (nSPS) is 10.6. The highest BCUT2D eigenvalue weighted by atomic mass is 19.1. The molecule has 0 aromatic heterocycles. The SMILES string of the molecule is COCCONCc1cc(F)ccc1C. The Labute approximate surface area is 89.2 Å². The van der Waals surface area contributed by atoms with Crippen LogP contribution in [0.25, 0.3) is 0 Å². The van der Waals surface area contributed by atoms with Crippen molar-refractivity contribution in [3.05, 3.63) is 35.1 Å². The molecule has 0 aliphatic carbocycles. The predicted octanol–water partition coefficient (Wildman–Crippen LogP) is 1.80. The first-order chi connectivity index (χ1) is 7.24. The van der Waals surface area contributed by atoms with Gasteiger partial charge in [-0.1, -0.05) is 6.07 Å². The second-order valence-corrected chi connectivity index (χ2v) is 3.23. The van der Waals surface area contributed by atoms with Gasteiger partial charge in [-0.2, -0.15) is 5.48 Å². The molecule has 0 radical (unpaired) electrons. The Morgan fingerprint density at radius 1 is 1.33 bits per heavy atom. The molecule has 0 heterocycles. The number of aryl methyl sites for hydroxylation is 1. The smallest absolute Gasteiger partial charge is 0.123 e. The molecule has 0 fully saturated rings. The standard InChI is InChI=1S/C11H16FNO2/c1-9-3-4-11(12)7-10(9)8-13-15-6-5-14-2/h3-4,7,13H,5-6,8H2,1-2H3. The van der Waals surface area contributed by atoms with Gasteiger partial charge < -0.3 is 4.74 Å². The Balaban J connectivity index is 2.33. The summed E-state index contributed by atoms with van der Waals surface area (Å²) in [5.74, 6) is -0.228. The number of ether oxygens (including phenoxy) is 1. The van der Waals surface area contributed by atoms with Gasteiger partial charge in [-0.05, 0) is 30.2 Å². The highest BCUT2D eigenvalue weighted by Gasteiger charge is 1.99. The van der Waals surface area contributed by atoms with Gasteiger partial charge in [0.05, 0.1) is 13.2 Å². The molecule has 0 saturated carbocycles. The van der Waals surface area contributed by atoms with Gasteiger partial charge in [0.15, 0.2) is 0 Å². The summed E-state index contributed by atoms with van der Waals surface area (Å²) in [6, 6.07) is 4.70. The van der Waals surface area contributed by atoms with Crippen LogP contribution in [0, 0.1) is 12.7 Å². The Kier molecular flexibility index (Phi) is 5.25. The highest BCUT2D eigenvalue weighted by molar-refractivity contribution is 5.26. The van der Waals surface area contributed by atoms with Gasteiger partial charge in [0, 0.05) is 13.7 Å². The van der Waals surface area contributed by atoms with Crippen LogP contribution in [0.3, 0.4) is 0 Å². The lowest BCUT2D eigenvalue weighted by Gasteiger charge is -2.08. The van der Waals surface area contributed by atoms with Crippen molar-refractivity contribution in [1.82, 2.24) is 5.48 Å². The number of benzene rings is 1. The van der Waals surface area contributed by atoms with Gasteiger partial charge in [0.1, 0.15) is 5.82 Å². The van der Waals surface area contributed by atoms with Crippen molar-refractivity contribution >= 4 is 0 Å². The van der Waals surface area contributed by atoms with E-state index in [1.165, 1.54) is 12.1 Å². The molecule has 3 nitrogen and oxygen atoms in total. The van der Waals surface area contributed by atoms with Crippen LogP contribution in [0.1, 0.15) is 11.1 Å². The number of nitrogens with one attached hydrogen (secondary N) is 1. The van der Waals surface area contributed by atoms with Crippen molar-refractivity contribution in [2.75, 3.05) is 20.3 Å². The van der Waals surface area contributed by atoms with Gasteiger partial charge in [-0.25, -0.2) is 4.39 Å². The van der Waals surface area contributed by atoms with Gasteiger partial charge in [0.25, 0.3) is 0 Å². The van der Waals surface area contributed by atoms with Crippen molar-refractivity contribution in [3.63, 3.8) is 0 Å². The van der Waals surface area contributed by atoms with Crippen LogP contribution < -0.4 is 5.48 Å². The Bertz CT molecular complexity index is 305. The fourth-order valence-electron chi connectivity index (χ4n) is 1.16. The summed E-state index contributed by atoms with van der Waals surface area (Å²) < 4.78 is 17.7. The number of halogens is 1. The third-order valence-electron chi connectivity index (χ3n) is 2.07. The summed E-state index contributed by atoms with van der Waals surface area (Å²) in [4.78, 5) is 5.08. The van der Waals surface area contributed by atoms with E-state index < -0.39 is 0 Å². The van der Waals surface area contributed by atoms with Crippen LogP contribution >= 0.6 is 0 Å². The van der Waals surface area contributed by atoms with Crippen LogP contribution in [-0.4, -0.2) is 20.3 Å². The van der Waals surface area contributed by atoms with Crippen LogP contribution in [0.4, 0.5) is 4.39 Å². The molecule has 0 amide bonds. The minimum Gasteiger partial charge on any atom is -0.382 e. The molecule has 0 aliphatic rings. The minimum atomic E-state index is -0.228. The molecular weight excluding hydrogens is 197 g/mol. The maximum absolute atomic E-state index is 12.9. The first-order valence-corrected chi connectivity index (χ1v) is 4.82. The van der Waals surface area contributed by atoms with Crippen LogP contribution in [-0.2, 0) is 16.1 Å². The van der Waals surface area contributed by atoms with Crippen LogP contribution in [0.15, 0.2) is 18.2 Å². The number of rotatable bonds is 6. The molecular formula is C11H16FNO2. The second kappa shape index (κ2) is 6.50. The summed E-state index contributed by atoms with van der Waals surface area (Å²) >= 11 is 0. The van der Waals surface area contributed by atoms with Gasteiger partial charge in [-0.15, -0.1) is 0 Å². The van der Waals surface area contributed by atoms with E-state index >= 15 is 0 Å². The number of hydrogen-bond donors (Lipinski definition) is 1. The van der Waals surface area contributed by atoms with E-state index in [-0.39, 0.29) is 5.82 Å². The highest BCUT2D eigenvalue weighted by Crippen LogP contribution is 2.09. The molecule has 1 N–H and O–H groups in total. The second-order valence-electron chi connectivity index (χ2n) is 3.23. The molecule has 0 unspecified atom stereocenters. The first kappa shape index (κ1) is 12.1. The zero-order valence-electron chi connectivity index (χ0n) is 9.05. The van der Waals surface area contributed by atoms with E-state index in [4.69, 9.17) is 9.57 Å². The molecule has 1 aromatic carbocycles. The fraction of sp³-hybridized carbons (Fsp3) is 0.455. The van der Waals surface area contributed by atoms with Crippen LogP contribution in [0.2, 0.25) is 0 Å². The maximum Gasteiger partial charge on any atom is 0.123 e. The van der Waals surface area contributed by atoms with Crippen molar-refractivity contribution in [3.8, 4) is 0 Å². The number of hydrogen-bond acceptors (Lipinski definition) is 3. The van der Waals surface area contributed by atoms with Gasteiger partial charge in [-0.3, -0.25) is 4.84 Å². The third-order valence-corrected chi connectivity index (χ3v) is 2.07. The maximum atomic E-state index is 12.9. The molecule has 0 bridgehead atoms. The summed E-state index contributed by atoms with van der Waals surface area (Å²) in [6.07, 6.45) is 0.